The Bertz CT molecular complexity index is 811. The quantitative estimate of drug-likeness (QED) is 0.756. The number of fused-ring (bicyclic) bond motifs is 1. The molecule has 0 radical (unpaired) electrons. The van der Waals surface area contributed by atoms with Crippen molar-refractivity contribution >= 4 is 28.4 Å². The van der Waals surface area contributed by atoms with Crippen molar-refractivity contribution in [1.29, 1.82) is 0 Å². The van der Waals surface area contributed by atoms with Crippen LogP contribution in [0.15, 0.2) is 60.8 Å². The third kappa shape index (κ3) is 3.55. The van der Waals surface area contributed by atoms with Gasteiger partial charge >= 0.3 is 0 Å². The second-order valence-electron chi connectivity index (χ2n) is 5.36. The van der Waals surface area contributed by atoms with E-state index in [9.17, 15) is 9.90 Å². The van der Waals surface area contributed by atoms with Gasteiger partial charge in [-0.1, -0.05) is 41.9 Å². The molecule has 4 nitrogen and oxygen atoms in total. The Morgan fingerprint density at radius 3 is 2.61 bits per heavy atom. The molecule has 5 heteroatoms. The number of benzene rings is 2. The van der Waals surface area contributed by atoms with Crippen molar-refractivity contribution in [3.05, 3.63) is 71.4 Å². The smallest absolute Gasteiger partial charge is 0.240 e. The van der Waals surface area contributed by atoms with Gasteiger partial charge in [0, 0.05) is 16.7 Å². The summed E-state index contributed by atoms with van der Waals surface area (Å²) < 4.78 is 1.89. The maximum absolute atomic E-state index is 12.3. The number of carbonyl (C=O) groups excluding carboxylic acids is 1. The number of hydrogen-bond acceptors (Lipinski definition) is 2. The van der Waals surface area contributed by atoms with E-state index in [1.807, 2.05) is 41.1 Å². The topological polar surface area (TPSA) is 54.3 Å². The Morgan fingerprint density at radius 2 is 1.87 bits per heavy atom. The summed E-state index contributed by atoms with van der Waals surface area (Å²) in [5.74, 6) is -0.152. The highest BCUT2D eigenvalue weighted by Gasteiger charge is 2.14. The van der Waals surface area contributed by atoms with Crippen LogP contribution in [0.1, 0.15) is 11.6 Å². The summed E-state index contributed by atoms with van der Waals surface area (Å²) in [7, 11) is 0. The highest BCUT2D eigenvalue weighted by atomic mass is 35.5. The van der Waals surface area contributed by atoms with Crippen LogP contribution >= 0.6 is 11.6 Å². The molecule has 2 N–H and O–H groups in total. The van der Waals surface area contributed by atoms with Gasteiger partial charge in [-0.25, -0.2) is 0 Å². The zero-order valence-corrected chi connectivity index (χ0v) is 13.2. The summed E-state index contributed by atoms with van der Waals surface area (Å²) in [6, 6.07) is 16.5. The summed E-state index contributed by atoms with van der Waals surface area (Å²) in [6.07, 6.45) is 1.89. The van der Waals surface area contributed by atoms with E-state index in [2.05, 4.69) is 5.32 Å². The van der Waals surface area contributed by atoms with E-state index < -0.39 is 6.04 Å². The lowest BCUT2D eigenvalue weighted by atomic mass is 10.1. The highest BCUT2D eigenvalue weighted by molar-refractivity contribution is 6.30. The molecule has 1 heterocycles. The lowest BCUT2D eigenvalue weighted by Gasteiger charge is -2.17. The molecule has 3 rings (SSSR count). The van der Waals surface area contributed by atoms with Crippen LogP contribution in [0.3, 0.4) is 0 Å². The summed E-state index contributed by atoms with van der Waals surface area (Å²) in [4.78, 5) is 12.3. The molecule has 1 aromatic heterocycles. The zero-order valence-electron chi connectivity index (χ0n) is 12.4. The minimum absolute atomic E-state index is 0.152. The summed E-state index contributed by atoms with van der Waals surface area (Å²) in [5.41, 5.74) is 1.83. The predicted molar refractivity (Wildman–Crippen MR) is 91.4 cm³/mol. The summed E-state index contributed by atoms with van der Waals surface area (Å²) in [6.45, 7) is 0.0391. The van der Waals surface area contributed by atoms with E-state index >= 15 is 0 Å². The monoisotopic (exact) mass is 328 g/mol. The zero-order chi connectivity index (χ0) is 16.2. The van der Waals surface area contributed by atoms with Crippen molar-refractivity contribution in [2.45, 2.75) is 12.6 Å². The van der Waals surface area contributed by atoms with Crippen molar-refractivity contribution in [3.8, 4) is 0 Å². The SMILES string of the molecule is O=C(Cn1ccc2ccccc21)NC(CO)c1ccc(Cl)cc1. The molecule has 2 aromatic carbocycles. The number of nitrogens with one attached hydrogen (secondary N) is 1. The van der Waals surface area contributed by atoms with E-state index in [1.54, 1.807) is 24.3 Å². The molecule has 0 saturated heterocycles. The summed E-state index contributed by atoms with van der Waals surface area (Å²) in [5, 5.41) is 14.1. The predicted octanol–water partition coefficient (Wildman–Crippen LogP) is 3.14. The normalized spacial score (nSPS) is 12.3. The summed E-state index contributed by atoms with van der Waals surface area (Å²) >= 11 is 5.86. The molecule has 23 heavy (non-hydrogen) atoms. The number of amides is 1. The van der Waals surface area contributed by atoms with Gasteiger partial charge in [0.25, 0.3) is 0 Å². The van der Waals surface area contributed by atoms with Crippen molar-refractivity contribution in [2.75, 3.05) is 6.61 Å². The molecule has 0 saturated carbocycles. The molecule has 1 amide bonds. The molecule has 0 fully saturated rings. The first-order chi connectivity index (χ1) is 11.2. The van der Waals surface area contributed by atoms with Crippen LogP contribution in [0, 0.1) is 0 Å². The number of halogens is 1. The van der Waals surface area contributed by atoms with Crippen molar-refractivity contribution in [3.63, 3.8) is 0 Å². The van der Waals surface area contributed by atoms with E-state index in [-0.39, 0.29) is 19.1 Å². The Hall–Kier alpha value is -2.30. The van der Waals surface area contributed by atoms with Crippen LogP contribution in [0.2, 0.25) is 5.02 Å². The van der Waals surface area contributed by atoms with Crippen molar-refractivity contribution in [1.82, 2.24) is 9.88 Å². The van der Waals surface area contributed by atoms with Gasteiger partial charge < -0.3 is 15.0 Å². The average Bonchev–Trinajstić information content (AvgIpc) is 2.97. The molecule has 0 aliphatic heterocycles. The molecule has 0 bridgehead atoms. The number of aliphatic hydroxyl groups is 1. The minimum atomic E-state index is -0.443. The first-order valence-electron chi connectivity index (χ1n) is 7.37. The van der Waals surface area contributed by atoms with E-state index in [1.165, 1.54) is 0 Å². The molecule has 0 aliphatic carbocycles. The Kier molecular flexibility index (Phi) is 4.65. The van der Waals surface area contributed by atoms with Crippen LogP contribution in [-0.4, -0.2) is 22.2 Å². The molecule has 1 atom stereocenters. The van der Waals surface area contributed by atoms with Gasteiger partial charge in [0.1, 0.15) is 6.54 Å². The Morgan fingerprint density at radius 1 is 1.13 bits per heavy atom. The molecule has 3 aromatic rings. The van der Waals surface area contributed by atoms with Gasteiger partial charge in [-0.2, -0.15) is 0 Å². The maximum Gasteiger partial charge on any atom is 0.240 e. The fraction of sp³-hybridized carbons (Fsp3) is 0.167. The fourth-order valence-electron chi connectivity index (χ4n) is 2.60. The molecular weight excluding hydrogens is 312 g/mol. The van der Waals surface area contributed by atoms with E-state index in [0.717, 1.165) is 16.5 Å². The van der Waals surface area contributed by atoms with Gasteiger partial charge in [-0.3, -0.25) is 4.79 Å². The van der Waals surface area contributed by atoms with E-state index in [0.29, 0.717) is 5.02 Å². The Labute approximate surface area is 139 Å². The van der Waals surface area contributed by atoms with E-state index in [4.69, 9.17) is 11.6 Å². The standard InChI is InChI=1S/C18H17ClN2O2/c19-15-7-5-13(6-8-15)16(12-22)20-18(23)11-21-10-9-14-3-1-2-4-17(14)21/h1-10,16,22H,11-12H2,(H,20,23). The molecule has 118 valence electrons. The van der Waals surface area contributed by atoms with Gasteiger partial charge in [-0.05, 0) is 35.2 Å². The van der Waals surface area contributed by atoms with Crippen LogP contribution in [-0.2, 0) is 11.3 Å². The highest BCUT2D eigenvalue weighted by Crippen LogP contribution is 2.17. The van der Waals surface area contributed by atoms with Crippen LogP contribution in [0.4, 0.5) is 0 Å². The van der Waals surface area contributed by atoms with Crippen LogP contribution in [0.25, 0.3) is 10.9 Å². The maximum atomic E-state index is 12.3. The van der Waals surface area contributed by atoms with Gasteiger partial charge in [0.15, 0.2) is 0 Å². The minimum Gasteiger partial charge on any atom is -0.394 e. The lowest BCUT2D eigenvalue weighted by molar-refractivity contribution is -0.122. The first-order valence-corrected chi connectivity index (χ1v) is 7.75. The largest absolute Gasteiger partial charge is 0.394 e. The first kappa shape index (κ1) is 15.6. The van der Waals surface area contributed by atoms with Gasteiger partial charge in [-0.15, -0.1) is 0 Å². The molecule has 0 aliphatic rings. The third-order valence-electron chi connectivity index (χ3n) is 3.78. The van der Waals surface area contributed by atoms with Crippen LogP contribution in [0.5, 0.6) is 0 Å². The number of aliphatic hydroxyl groups excluding tert-OH is 1. The molecular formula is C18H17ClN2O2. The lowest BCUT2D eigenvalue weighted by Crippen LogP contribution is -2.33. The second kappa shape index (κ2) is 6.86. The third-order valence-corrected chi connectivity index (χ3v) is 4.04. The van der Waals surface area contributed by atoms with Gasteiger partial charge in [0.05, 0.1) is 12.6 Å². The van der Waals surface area contributed by atoms with Crippen molar-refractivity contribution < 1.29 is 9.90 Å². The number of hydrogen-bond donors (Lipinski definition) is 2. The second-order valence-corrected chi connectivity index (χ2v) is 5.79. The van der Waals surface area contributed by atoms with Crippen LogP contribution < -0.4 is 5.32 Å². The molecule has 0 spiro atoms. The number of nitrogens with zero attached hydrogens (tertiary/aromatic N) is 1. The molecule has 1 unspecified atom stereocenters. The van der Waals surface area contributed by atoms with Crippen molar-refractivity contribution in [2.24, 2.45) is 0 Å². The fourth-order valence-corrected chi connectivity index (χ4v) is 2.73. The Balaban J connectivity index is 1.71. The average molecular weight is 329 g/mol. The number of para-hydroxylation sites is 1. The number of carbonyl (C=O) groups is 1. The van der Waals surface area contributed by atoms with Gasteiger partial charge in [0.2, 0.25) is 5.91 Å². The number of aromatic nitrogens is 1. The number of rotatable bonds is 5.